The molecule has 0 radical (unpaired) electrons. The van der Waals surface area contributed by atoms with E-state index in [2.05, 4.69) is 0 Å². The van der Waals surface area contributed by atoms with Gasteiger partial charge in [-0.15, -0.1) is 0 Å². The van der Waals surface area contributed by atoms with Gasteiger partial charge < -0.3 is 0 Å². The molecule has 0 aromatic heterocycles. The van der Waals surface area contributed by atoms with E-state index in [0.29, 0.717) is 16.2 Å². The molecule has 0 amide bonds. The largest absolute Gasteiger partial charge is 0.219 e. The summed E-state index contributed by atoms with van der Waals surface area (Å²) >= 11 is 0. The van der Waals surface area contributed by atoms with Crippen LogP contribution in [0.2, 0.25) is 0 Å². The Hall–Kier alpha value is -1.09. The molecule has 2 rings (SSSR count). The van der Waals surface area contributed by atoms with Gasteiger partial charge in [-0.3, -0.25) is 0 Å². The van der Waals surface area contributed by atoms with E-state index in [4.69, 9.17) is 0 Å². The van der Waals surface area contributed by atoms with Crippen molar-refractivity contribution in [2.45, 2.75) is 76.0 Å². The lowest BCUT2D eigenvalue weighted by Gasteiger charge is -2.11. The van der Waals surface area contributed by atoms with Gasteiger partial charge in [0.2, 0.25) is 9.84 Å². The van der Waals surface area contributed by atoms with Crippen LogP contribution in [0.25, 0.3) is 0 Å². The first kappa shape index (κ1) is 17.3. The summed E-state index contributed by atoms with van der Waals surface area (Å²) in [5.74, 6) is 0. The normalized spacial score (nSPS) is 18.9. The van der Waals surface area contributed by atoms with Crippen LogP contribution in [-0.2, 0) is 9.84 Å². The summed E-state index contributed by atoms with van der Waals surface area (Å²) in [7, 11) is -3.31. The van der Waals surface area contributed by atoms with Gasteiger partial charge in [-0.05, 0) is 44.7 Å². The van der Waals surface area contributed by atoms with Gasteiger partial charge in [-0.1, -0.05) is 62.3 Å². The number of sulfone groups is 1. The zero-order chi connectivity index (χ0) is 15.8. The van der Waals surface area contributed by atoms with Crippen molar-refractivity contribution in [1.29, 1.82) is 0 Å². The number of rotatable bonds is 2. The van der Waals surface area contributed by atoms with E-state index in [1.165, 1.54) is 32.1 Å². The molecule has 0 fully saturated rings. The van der Waals surface area contributed by atoms with Crippen molar-refractivity contribution >= 4 is 9.84 Å². The third kappa shape index (κ3) is 4.98. The first-order chi connectivity index (χ1) is 10.6. The third-order valence-corrected chi connectivity index (χ3v) is 6.38. The first-order valence-corrected chi connectivity index (χ1v) is 10.1. The van der Waals surface area contributed by atoms with E-state index < -0.39 is 9.84 Å². The summed E-state index contributed by atoms with van der Waals surface area (Å²) in [5, 5.41) is 0. The molecule has 122 valence electrons. The average molecular weight is 320 g/mol. The van der Waals surface area contributed by atoms with Gasteiger partial charge >= 0.3 is 0 Å². The van der Waals surface area contributed by atoms with Crippen molar-refractivity contribution in [3.05, 3.63) is 40.8 Å². The smallest absolute Gasteiger partial charge is 0.202 e. The molecule has 0 atom stereocenters. The number of allylic oxidation sites excluding steroid dienone is 2. The molecule has 0 heterocycles. The molecule has 0 unspecified atom stereocenters. The van der Waals surface area contributed by atoms with Crippen molar-refractivity contribution in [1.82, 2.24) is 0 Å². The Balaban J connectivity index is 2.18. The van der Waals surface area contributed by atoms with E-state index in [9.17, 15) is 8.42 Å². The van der Waals surface area contributed by atoms with Crippen molar-refractivity contribution < 1.29 is 8.42 Å². The molecular weight excluding hydrogens is 292 g/mol. The zero-order valence-electron chi connectivity index (χ0n) is 13.7. The SMILES string of the molecule is Cc1ccc(S(=O)(=O)C2=CCCCCCCCCCC2)cc1. The molecule has 2 nitrogen and oxygen atoms in total. The van der Waals surface area contributed by atoms with Crippen molar-refractivity contribution in [3.8, 4) is 0 Å². The van der Waals surface area contributed by atoms with E-state index in [1.54, 1.807) is 12.1 Å². The second-order valence-electron chi connectivity index (χ2n) is 6.35. The Morgan fingerprint density at radius 1 is 0.773 bits per heavy atom. The maximum Gasteiger partial charge on any atom is 0.202 e. The Labute approximate surface area is 135 Å². The predicted molar refractivity (Wildman–Crippen MR) is 92.6 cm³/mol. The highest BCUT2D eigenvalue weighted by Gasteiger charge is 2.20. The first-order valence-electron chi connectivity index (χ1n) is 8.61. The second-order valence-corrected chi connectivity index (χ2v) is 8.36. The Morgan fingerprint density at radius 3 is 1.95 bits per heavy atom. The molecular formula is C19H28O2S. The van der Waals surface area contributed by atoms with Gasteiger partial charge in [0.15, 0.2) is 0 Å². The number of hydrogen-bond acceptors (Lipinski definition) is 2. The zero-order valence-corrected chi connectivity index (χ0v) is 14.5. The van der Waals surface area contributed by atoms with Crippen LogP contribution in [0.15, 0.2) is 40.1 Å². The van der Waals surface area contributed by atoms with Crippen molar-refractivity contribution in [3.63, 3.8) is 0 Å². The molecule has 22 heavy (non-hydrogen) atoms. The summed E-state index contributed by atoms with van der Waals surface area (Å²) in [6.07, 6.45) is 13.2. The molecule has 0 bridgehead atoms. The summed E-state index contributed by atoms with van der Waals surface area (Å²) in [6, 6.07) is 7.23. The van der Waals surface area contributed by atoms with Gasteiger partial charge in [0, 0.05) is 4.91 Å². The van der Waals surface area contributed by atoms with E-state index >= 15 is 0 Å². The minimum atomic E-state index is -3.31. The van der Waals surface area contributed by atoms with Crippen LogP contribution in [0.1, 0.15) is 69.8 Å². The lowest BCUT2D eigenvalue weighted by atomic mass is 10.0. The van der Waals surface area contributed by atoms with Gasteiger partial charge in [0.25, 0.3) is 0 Å². The van der Waals surface area contributed by atoms with Gasteiger partial charge in [-0.2, -0.15) is 0 Å². The van der Waals surface area contributed by atoms with Crippen LogP contribution in [0.5, 0.6) is 0 Å². The quantitative estimate of drug-likeness (QED) is 0.714. The highest BCUT2D eigenvalue weighted by Crippen LogP contribution is 2.26. The number of benzene rings is 1. The fraction of sp³-hybridized carbons (Fsp3) is 0.579. The number of aryl methyl sites for hydroxylation is 1. The summed E-state index contributed by atoms with van der Waals surface area (Å²) in [5.41, 5.74) is 1.09. The van der Waals surface area contributed by atoms with Crippen LogP contribution in [0.4, 0.5) is 0 Å². The molecule has 0 spiro atoms. The van der Waals surface area contributed by atoms with Crippen molar-refractivity contribution in [2.75, 3.05) is 0 Å². The average Bonchev–Trinajstić information content (AvgIpc) is 2.48. The molecule has 1 aromatic carbocycles. The van der Waals surface area contributed by atoms with Gasteiger partial charge in [0.1, 0.15) is 0 Å². The molecule has 0 saturated carbocycles. The second kappa shape index (κ2) is 8.52. The molecule has 1 aliphatic rings. The highest BCUT2D eigenvalue weighted by molar-refractivity contribution is 7.95. The van der Waals surface area contributed by atoms with E-state index in [0.717, 1.165) is 31.2 Å². The highest BCUT2D eigenvalue weighted by atomic mass is 32.2. The molecule has 1 aromatic rings. The molecule has 0 aliphatic heterocycles. The third-order valence-electron chi connectivity index (χ3n) is 4.43. The minimum absolute atomic E-state index is 0.441. The van der Waals surface area contributed by atoms with Crippen LogP contribution in [0.3, 0.4) is 0 Å². The molecule has 3 heteroatoms. The van der Waals surface area contributed by atoms with Crippen LogP contribution < -0.4 is 0 Å². The van der Waals surface area contributed by atoms with Crippen LogP contribution in [-0.4, -0.2) is 8.42 Å². The topological polar surface area (TPSA) is 34.1 Å². The lowest BCUT2D eigenvalue weighted by molar-refractivity contribution is 0.561. The number of hydrogen-bond donors (Lipinski definition) is 0. The van der Waals surface area contributed by atoms with Crippen LogP contribution in [0, 0.1) is 6.92 Å². The summed E-state index contributed by atoms with van der Waals surface area (Å²) in [4.78, 5) is 1.08. The Bertz CT molecular complexity index is 582. The van der Waals surface area contributed by atoms with E-state index in [-0.39, 0.29) is 0 Å². The minimum Gasteiger partial charge on any atom is -0.219 e. The van der Waals surface area contributed by atoms with Gasteiger partial charge in [0.05, 0.1) is 4.90 Å². The standard InChI is InChI=1S/C19H28O2S/c1-17-13-15-19(16-14-17)22(20,21)18-11-9-7-5-3-2-4-6-8-10-12-18/h11,13-16H,2-10,12H2,1H3. The summed E-state index contributed by atoms with van der Waals surface area (Å²) in [6.45, 7) is 1.98. The fourth-order valence-electron chi connectivity index (χ4n) is 2.98. The Morgan fingerprint density at radius 2 is 1.32 bits per heavy atom. The maximum absolute atomic E-state index is 12.8. The maximum atomic E-state index is 12.8. The predicted octanol–water partition coefficient (Wildman–Crippen LogP) is 5.57. The lowest BCUT2D eigenvalue weighted by Crippen LogP contribution is -2.06. The molecule has 0 saturated heterocycles. The van der Waals surface area contributed by atoms with Crippen LogP contribution >= 0.6 is 0 Å². The van der Waals surface area contributed by atoms with Crippen molar-refractivity contribution in [2.24, 2.45) is 0 Å². The monoisotopic (exact) mass is 320 g/mol. The molecule has 0 N–H and O–H groups in total. The fourth-order valence-corrected chi connectivity index (χ4v) is 4.53. The van der Waals surface area contributed by atoms with E-state index in [1.807, 2.05) is 25.1 Å². The summed E-state index contributed by atoms with van der Waals surface area (Å²) < 4.78 is 25.7. The molecule has 1 aliphatic carbocycles. The Kier molecular flexibility index (Phi) is 6.69. The van der Waals surface area contributed by atoms with Gasteiger partial charge in [-0.25, -0.2) is 8.42 Å².